The fourth-order valence-electron chi connectivity index (χ4n) is 2.60. The van der Waals surface area contributed by atoms with Crippen molar-refractivity contribution < 1.29 is 5.11 Å². The Morgan fingerprint density at radius 2 is 2.00 bits per heavy atom. The van der Waals surface area contributed by atoms with Crippen molar-refractivity contribution >= 4 is 15.9 Å². The quantitative estimate of drug-likeness (QED) is 0.873. The van der Waals surface area contributed by atoms with Gasteiger partial charge in [0.15, 0.2) is 0 Å². The third kappa shape index (κ3) is 1.98. The molecule has 16 heavy (non-hydrogen) atoms. The number of nitrogens with two attached hydrogens (primary N) is 1. The molecule has 0 heterocycles. The lowest BCUT2D eigenvalue weighted by Crippen LogP contribution is -2.17. The topological polar surface area (TPSA) is 46.2 Å². The molecule has 0 radical (unpaired) electrons. The molecule has 0 bridgehead atoms. The van der Waals surface area contributed by atoms with E-state index in [9.17, 15) is 5.11 Å². The van der Waals surface area contributed by atoms with E-state index in [-0.39, 0.29) is 11.2 Å². The van der Waals surface area contributed by atoms with Crippen LogP contribution in [0.2, 0.25) is 0 Å². The van der Waals surface area contributed by atoms with Crippen LogP contribution >= 0.6 is 15.9 Å². The van der Waals surface area contributed by atoms with Gasteiger partial charge >= 0.3 is 0 Å². The summed E-state index contributed by atoms with van der Waals surface area (Å²) in [6.07, 6.45) is 5.06. The molecule has 0 spiro atoms. The Kier molecular flexibility index (Phi) is 3.27. The van der Waals surface area contributed by atoms with Crippen molar-refractivity contribution in [2.24, 2.45) is 5.73 Å². The van der Waals surface area contributed by atoms with Crippen molar-refractivity contribution in [1.82, 2.24) is 0 Å². The highest BCUT2D eigenvalue weighted by molar-refractivity contribution is 9.10. The van der Waals surface area contributed by atoms with Gasteiger partial charge in [-0.3, -0.25) is 0 Å². The van der Waals surface area contributed by atoms with Crippen LogP contribution < -0.4 is 5.73 Å². The van der Waals surface area contributed by atoms with Crippen LogP contribution in [0, 0.1) is 0 Å². The number of halogens is 1. The van der Waals surface area contributed by atoms with E-state index < -0.39 is 0 Å². The largest absolute Gasteiger partial charge is 0.506 e. The summed E-state index contributed by atoms with van der Waals surface area (Å²) in [5.41, 5.74) is 8.05. The fourth-order valence-corrected chi connectivity index (χ4v) is 3.11. The van der Waals surface area contributed by atoms with Crippen LogP contribution in [0.25, 0.3) is 0 Å². The second-order valence-corrected chi connectivity index (χ2v) is 5.79. The van der Waals surface area contributed by atoms with Gasteiger partial charge in [-0.15, -0.1) is 0 Å². The lowest BCUT2D eigenvalue weighted by Gasteiger charge is -2.25. The second-order valence-electron chi connectivity index (χ2n) is 4.94. The first-order chi connectivity index (χ1) is 7.57. The first kappa shape index (κ1) is 11.9. The summed E-state index contributed by atoms with van der Waals surface area (Å²) in [7, 11) is 0. The number of aromatic hydroxyl groups is 1. The molecule has 0 unspecified atom stereocenters. The van der Waals surface area contributed by atoms with Gasteiger partial charge in [-0.1, -0.05) is 25.8 Å². The van der Waals surface area contributed by atoms with E-state index in [1.807, 2.05) is 6.07 Å². The minimum atomic E-state index is 0.264. The molecule has 0 aliphatic heterocycles. The number of phenols is 1. The molecule has 2 nitrogen and oxygen atoms in total. The maximum absolute atomic E-state index is 9.82. The number of hydrogen-bond acceptors (Lipinski definition) is 2. The molecule has 88 valence electrons. The Labute approximate surface area is 105 Å². The van der Waals surface area contributed by atoms with E-state index in [4.69, 9.17) is 5.73 Å². The van der Waals surface area contributed by atoms with Crippen LogP contribution in [0.4, 0.5) is 0 Å². The molecule has 1 saturated carbocycles. The summed E-state index contributed by atoms with van der Waals surface area (Å²) in [6, 6.07) is 4.10. The number of hydrogen-bond donors (Lipinski definition) is 2. The SMILES string of the molecule is CC1(c2cc(Br)c(O)c(CN)c2)CCCC1. The number of benzene rings is 1. The average molecular weight is 284 g/mol. The molecule has 0 amide bonds. The van der Waals surface area contributed by atoms with Crippen LogP contribution in [0.1, 0.15) is 43.7 Å². The molecule has 0 saturated heterocycles. The molecule has 1 fully saturated rings. The molecule has 0 aromatic heterocycles. The Hall–Kier alpha value is -0.540. The van der Waals surface area contributed by atoms with Crippen molar-refractivity contribution in [2.75, 3.05) is 0 Å². The molecule has 3 N–H and O–H groups in total. The molecule has 3 heteroatoms. The molecule has 0 atom stereocenters. The third-order valence-corrected chi connectivity index (χ3v) is 4.37. The van der Waals surface area contributed by atoms with Gasteiger partial charge in [-0.05, 0) is 45.8 Å². The van der Waals surface area contributed by atoms with Gasteiger partial charge in [0.25, 0.3) is 0 Å². The Bertz CT molecular complexity index is 397. The van der Waals surface area contributed by atoms with Crippen LogP contribution in [0.15, 0.2) is 16.6 Å². The monoisotopic (exact) mass is 283 g/mol. The average Bonchev–Trinajstić information content (AvgIpc) is 2.70. The van der Waals surface area contributed by atoms with Crippen molar-refractivity contribution in [3.63, 3.8) is 0 Å². The van der Waals surface area contributed by atoms with Crippen LogP contribution in [-0.4, -0.2) is 5.11 Å². The zero-order chi connectivity index (χ0) is 11.8. The van der Waals surface area contributed by atoms with Gasteiger partial charge in [0.05, 0.1) is 4.47 Å². The van der Waals surface area contributed by atoms with Gasteiger partial charge < -0.3 is 10.8 Å². The lowest BCUT2D eigenvalue weighted by molar-refractivity contribution is 0.458. The highest BCUT2D eigenvalue weighted by Crippen LogP contribution is 2.43. The van der Waals surface area contributed by atoms with Gasteiger partial charge in [0.1, 0.15) is 5.75 Å². The van der Waals surface area contributed by atoms with Crippen molar-refractivity contribution in [3.05, 3.63) is 27.7 Å². The summed E-state index contributed by atoms with van der Waals surface area (Å²) < 4.78 is 0.763. The molecule has 1 aromatic rings. The predicted molar refractivity (Wildman–Crippen MR) is 69.5 cm³/mol. The standard InChI is InChI=1S/C13H18BrNO/c1-13(4-2-3-5-13)10-6-9(8-15)12(16)11(14)7-10/h6-7,16H,2-5,8,15H2,1H3. The maximum atomic E-state index is 9.82. The van der Waals surface area contributed by atoms with E-state index in [1.165, 1.54) is 31.2 Å². The molecular formula is C13H18BrNO. The summed E-state index contributed by atoms with van der Waals surface area (Å²) in [5, 5.41) is 9.82. The van der Waals surface area contributed by atoms with Crippen LogP contribution in [0.3, 0.4) is 0 Å². The first-order valence-electron chi connectivity index (χ1n) is 5.79. The van der Waals surface area contributed by atoms with Gasteiger partial charge in [0.2, 0.25) is 0 Å². The summed E-state index contributed by atoms with van der Waals surface area (Å²) in [5.74, 6) is 0.285. The predicted octanol–water partition coefficient (Wildman–Crippen LogP) is 3.45. The minimum absolute atomic E-state index is 0.264. The van der Waals surface area contributed by atoms with Crippen molar-refractivity contribution in [2.45, 2.75) is 44.6 Å². The highest BCUT2D eigenvalue weighted by Gasteiger charge is 2.31. The van der Waals surface area contributed by atoms with E-state index in [0.717, 1.165) is 10.0 Å². The third-order valence-electron chi connectivity index (χ3n) is 3.77. The summed E-state index contributed by atoms with van der Waals surface area (Å²) in [6.45, 7) is 2.69. The van der Waals surface area contributed by atoms with E-state index in [1.54, 1.807) is 0 Å². The number of phenolic OH excluding ortho intramolecular Hbond substituents is 1. The molecule has 2 rings (SSSR count). The number of rotatable bonds is 2. The summed E-state index contributed by atoms with van der Waals surface area (Å²) >= 11 is 3.40. The Balaban J connectivity index is 2.45. The van der Waals surface area contributed by atoms with Crippen molar-refractivity contribution in [1.29, 1.82) is 0 Å². The van der Waals surface area contributed by atoms with Crippen molar-refractivity contribution in [3.8, 4) is 5.75 Å². The fraction of sp³-hybridized carbons (Fsp3) is 0.538. The Morgan fingerprint density at radius 1 is 1.38 bits per heavy atom. The van der Waals surface area contributed by atoms with E-state index in [0.29, 0.717) is 6.54 Å². The molecule has 1 aliphatic carbocycles. The Morgan fingerprint density at radius 3 is 2.56 bits per heavy atom. The van der Waals surface area contributed by atoms with E-state index >= 15 is 0 Å². The molecule has 1 aromatic carbocycles. The van der Waals surface area contributed by atoms with Gasteiger partial charge in [-0.2, -0.15) is 0 Å². The molecule has 1 aliphatic rings. The first-order valence-corrected chi connectivity index (χ1v) is 6.58. The second kappa shape index (κ2) is 4.38. The highest BCUT2D eigenvalue weighted by atomic mass is 79.9. The maximum Gasteiger partial charge on any atom is 0.134 e. The lowest BCUT2D eigenvalue weighted by atomic mass is 9.80. The van der Waals surface area contributed by atoms with Gasteiger partial charge in [-0.25, -0.2) is 0 Å². The van der Waals surface area contributed by atoms with Gasteiger partial charge in [0, 0.05) is 12.1 Å². The van der Waals surface area contributed by atoms with Crippen LogP contribution in [-0.2, 0) is 12.0 Å². The van der Waals surface area contributed by atoms with E-state index in [2.05, 4.69) is 28.9 Å². The zero-order valence-electron chi connectivity index (χ0n) is 9.59. The normalized spacial score (nSPS) is 18.9. The minimum Gasteiger partial charge on any atom is -0.506 e. The zero-order valence-corrected chi connectivity index (χ0v) is 11.2. The molecular weight excluding hydrogens is 266 g/mol. The van der Waals surface area contributed by atoms with Crippen LogP contribution in [0.5, 0.6) is 5.75 Å². The summed E-state index contributed by atoms with van der Waals surface area (Å²) in [4.78, 5) is 0. The smallest absolute Gasteiger partial charge is 0.134 e.